The zero-order valence-electron chi connectivity index (χ0n) is 11.2. The van der Waals surface area contributed by atoms with Crippen molar-refractivity contribution in [2.75, 3.05) is 18.8 Å². The van der Waals surface area contributed by atoms with E-state index < -0.39 is 0 Å². The molecule has 1 aliphatic heterocycles. The first kappa shape index (κ1) is 13.7. The quantitative estimate of drug-likeness (QED) is 0.837. The van der Waals surface area contributed by atoms with Crippen molar-refractivity contribution >= 4 is 17.3 Å². The number of hydrogen-bond acceptors (Lipinski definition) is 2. The number of rotatable bonds is 4. The summed E-state index contributed by atoms with van der Waals surface area (Å²) in [5.41, 5.74) is 8.02. The van der Waals surface area contributed by atoms with E-state index in [1.807, 2.05) is 18.2 Å². The van der Waals surface area contributed by atoms with Gasteiger partial charge in [0.25, 0.3) is 0 Å². The van der Waals surface area contributed by atoms with E-state index in [0.29, 0.717) is 0 Å². The van der Waals surface area contributed by atoms with Crippen molar-refractivity contribution in [3.63, 3.8) is 0 Å². The Labute approximate surface area is 115 Å². The van der Waals surface area contributed by atoms with Crippen LogP contribution < -0.4 is 5.73 Å². The third-order valence-electron chi connectivity index (χ3n) is 3.90. The zero-order chi connectivity index (χ0) is 13.0. The Morgan fingerprint density at radius 3 is 2.72 bits per heavy atom. The minimum absolute atomic E-state index is 0.778. The van der Waals surface area contributed by atoms with Crippen LogP contribution in [0.15, 0.2) is 18.2 Å². The number of anilines is 1. The summed E-state index contributed by atoms with van der Waals surface area (Å²) in [5, 5.41) is 0.778. The van der Waals surface area contributed by atoms with Crippen LogP contribution in [-0.4, -0.2) is 18.0 Å². The number of nitrogen functional groups attached to an aromatic ring is 1. The van der Waals surface area contributed by atoms with Gasteiger partial charge in [0, 0.05) is 17.3 Å². The molecule has 0 saturated carbocycles. The lowest BCUT2D eigenvalue weighted by molar-refractivity contribution is 0.172. The van der Waals surface area contributed by atoms with Crippen LogP contribution in [0.25, 0.3) is 0 Å². The standard InChI is InChI=1S/C15H23ClN2/c1-2-3-12-6-8-18(9-7-12)11-13-10-14(16)4-5-15(13)17/h4-5,10,12H,2-3,6-9,11,17H2,1H3. The van der Waals surface area contributed by atoms with E-state index in [0.717, 1.165) is 28.7 Å². The summed E-state index contributed by atoms with van der Waals surface area (Å²) in [6.07, 6.45) is 5.35. The van der Waals surface area contributed by atoms with Crippen molar-refractivity contribution < 1.29 is 0 Å². The van der Waals surface area contributed by atoms with Gasteiger partial charge >= 0.3 is 0 Å². The maximum Gasteiger partial charge on any atom is 0.0410 e. The highest BCUT2D eigenvalue weighted by Gasteiger charge is 2.18. The Balaban J connectivity index is 1.89. The van der Waals surface area contributed by atoms with Crippen LogP contribution in [0.3, 0.4) is 0 Å². The van der Waals surface area contributed by atoms with E-state index >= 15 is 0 Å². The molecule has 1 fully saturated rings. The molecule has 1 aliphatic rings. The molecule has 1 heterocycles. The van der Waals surface area contributed by atoms with Crippen molar-refractivity contribution in [3.8, 4) is 0 Å². The van der Waals surface area contributed by atoms with Gasteiger partial charge < -0.3 is 5.73 Å². The van der Waals surface area contributed by atoms with Gasteiger partial charge in [-0.15, -0.1) is 0 Å². The number of nitrogens with zero attached hydrogens (tertiary/aromatic N) is 1. The van der Waals surface area contributed by atoms with Crippen LogP contribution in [0, 0.1) is 5.92 Å². The average molecular weight is 267 g/mol. The fraction of sp³-hybridized carbons (Fsp3) is 0.600. The number of halogens is 1. The number of hydrogen-bond donors (Lipinski definition) is 1. The van der Waals surface area contributed by atoms with E-state index in [1.54, 1.807) is 0 Å². The van der Waals surface area contributed by atoms with Crippen LogP contribution in [-0.2, 0) is 6.54 Å². The fourth-order valence-corrected chi connectivity index (χ4v) is 2.99. The molecule has 18 heavy (non-hydrogen) atoms. The summed E-state index contributed by atoms with van der Waals surface area (Å²) < 4.78 is 0. The van der Waals surface area contributed by atoms with E-state index in [-0.39, 0.29) is 0 Å². The molecule has 0 aromatic heterocycles. The van der Waals surface area contributed by atoms with Gasteiger partial charge in [-0.25, -0.2) is 0 Å². The molecule has 0 spiro atoms. The van der Waals surface area contributed by atoms with Gasteiger partial charge in [-0.2, -0.15) is 0 Å². The Morgan fingerprint density at radius 2 is 2.06 bits per heavy atom. The highest BCUT2D eigenvalue weighted by atomic mass is 35.5. The molecular formula is C15H23ClN2. The van der Waals surface area contributed by atoms with Crippen LogP contribution in [0.2, 0.25) is 5.02 Å². The second-order valence-corrected chi connectivity index (χ2v) is 5.79. The molecule has 2 rings (SSSR count). The summed E-state index contributed by atoms with van der Waals surface area (Å²) in [4.78, 5) is 2.49. The first-order chi connectivity index (χ1) is 8.69. The van der Waals surface area contributed by atoms with Crippen LogP contribution in [0.5, 0.6) is 0 Å². The molecule has 0 amide bonds. The number of piperidine rings is 1. The van der Waals surface area contributed by atoms with Crippen molar-refractivity contribution in [3.05, 3.63) is 28.8 Å². The third kappa shape index (κ3) is 3.63. The summed E-state index contributed by atoms with van der Waals surface area (Å²) >= 11 is 6.02. The van der Waals surface area contributed by atoms with Gasteiger partial charge in [0.05, 0.1) is 0 Å². The van der Waals surface area contributed by atoms with Gasteiger partial charge in [0.15, 0.2) is 0 Å². The zero-order valence-corrected chi connectivity index (χ0v) is 11.9. The normalized spacial score (nSPS) is 18.1. The summed E-state index contributed by atoms with van der Waals surface area (Å²) in [6, 6.07) is 5.75. The smallest absolute Gasteiger partial charge is 0.0410 e. The Bertz CT molecular complexity index is 384. The maximum atomic E-state index is 6.02. The van der Waals surface area contributed by atoms with Gasteiger partial charge in [0.1, 0.15) is 0 Å². The van der Waals surface area contributed by atoms with Crippen molar-refractivity contribution in [2.24, 2.45) is 5.92 Å². The molecule has 0 bridgehead atoms. The maximum absolute atomic E-state index is 6.02. The van der Waals surface area contributed by atoms with Gasteiger partial charge in [-0.05, 0) is 55.6 Å². The molecular weight excluding hydrogens is 244 g/mol. The Morgan fingerprint density at radius 1 is 1.33 bits per heavy atom. The molecule has 1 saturated heterocycles. The van der Waals surface area contributed by atoms with Crippen molar-refractivity contribution in [1.82, 2.24) is 4.90 Å². The van der Waals surface area contributed by atoms with Crippen LogP contribution >= 0.6 is 11.6 Å². The lowest BCUT2D eigenvalue weighted by atomic mass is 9.92. The second kappa shape index (κ2) is 6.44. The Hall–Kier alpha value is -0.730. The predicted octanol–water partition coefficient (Wildman–Crippen LogP) is 3.93. The predicted molar refractivity (Wildman–Crippen MR) is 78.8 cm³/mol. The molecule has 1 aromatic carbocycles. The minimum atomic E-state index is 0.778. The van der Waals surface area contributed by atoms with Crippen molar-refractivity contribution in [2.45, 2.75) is 39.2 Å². The van der Waals surface area contributed by atoms with Gasteiger partial charge in [-0.3, -0.25) is 4.90 Å². The van der Waals surface area contributed by atoms with E-state index in [1.165, 1.54) is 38.8 Å². The van der Waals surface area contributed by atoms with E-state index in [4.69, 9.17) is 17.3 Å². The van der Waals surface area contributed by atoms with Gasteiger partial charge in [-0.1, -0.05) is 31.4 Å². The minimum Gasteiger partial charge on any atom is -0.398 e. The third-order valence-corrected chi connectivity index (χ3v) is 4.14. The SMILES string of the molecule is CCCC1CCN(Cc2cc(Cl)ccc2N)CC1. The van der Waals surface area contributed by atoms with Gasteiger partial charge in [0.2, 0.25) is 0 Å². The lowest BCUT2D eigenvalue weighted by Gasteiger charge is -2.32. The molecule has 0 unspecified atom stereocenters. The number of nitrogens with two attached hydrogens (primary N) is 1. The second-order valence-electron chi connectivity index (χ2n) is 5.35. The Kier molecular flexibility index (Phi) is 4.90. The summed E-state index contributed by atoms with van der Waals surface area (Å²) in [7, 11) is 0. The average Bonchev–Trinajstić information content (AvgIpc) is 2.37. The van der Waals surface area contributed by atoms with E-state index in [9.17, 15) is 0 Å². The molecule has 2 N–H and O–H groups in total. The molecule has 3 heteroatoms. The number of likely N-dealkylation sites (tertiary alicyclic amines) is 1. The highest BCUT2D eigenvalue weighted by Crippen LogP contribution is 2.25. The molecule has 2 nitrogen and oxygen atoms in total. The lowest BCUT2D eigenvalue weighted by Crippen LogP contribution is -2.33. The first-order valence-electron chi connectivity index (χ1n) is 6.95. The largest absolute Gasteiger partial charge is 0.398 e. The first-order valence-corrected chi connectivity index (χ1v) is 7.33. The molecule has 0 aliphatic carbocycles. The molecule has 0 radical (unpaired) electrons. The molecule has 100 valence electrons. The fourth-order valence-electron chi connectivity index (χ4n) is 2.79. The summed E-state index contributed by atoms with van der Waals surface area (Å²) in [6.45, 7) is 5.59. The molecule has 1 aromatic rings. The summed E-state index contributed by atoms with van der Waals surface area (Å²) in [5.74, 6) is 0.933. The monoisotopic (exact) mass is 266 g/mol. The highest BCUT2D eigenvalue weighted by molar-refractivity contribution is 6.30. The van der Waals surface area contributed by atoms with Crippen LogP contribution in [0.4, 0.5) is 5.69 Å². The number of benzene rings is 1. The van der Waals surface area contributed by atoms with Crippen molar-refractivity contribution in [1.29, 1.82) is 0 Å². The van der Waals surface area contributed by atoms with Crippen LogP contribution in [0.1, 0.15) is 38.2 Å². The molecule has 0 atom stereocenters. The van der Waals surface area contributed by atoms with E-state index in [2.05, 4.69) is 11.8 Å². The topological polar surface area (TPSA) is 29.3 Å².